The Morgan fingerprint density at radius 1 is 1.31 bits per heavy atom. The average Bonchev–Trinajstić information content (AvgIpc) is 2.29. The van der Waals surface area contributed by atoms with Gasteiger partial charge in [-0.25, -0.2) is 0 Å². The van der Waals surface area contributed by atoms with E-state index in [1.807, 2.05) is 0 Å². The molecular formula is C13H28N2O. The summed E-state index contributed by atoms with van der Waals surface area (Å²) >= 11 is 0. The summed E-state index contributed by atoms with van der Waals surface area (Å²) in [5.41, 5.74) is 6.05. The van der Waals surface area contributed by atoms with Crippen molar-refractivity contribution < 1.29 is 5.11 Å². The smallest absolute Gasteiger partial charge is 0.0558 e. The van der Waals surface area contributed by atoms with E-state index in [0.717, 1.165) is 13.0 Å². The highest BCUT2D eigenvalue weighted by Gasteiger charge is 2.27. The van der Waals surface area contributed by atoms with Crippen LogP contribution < -0.4 is 5.73 Å². The highest BCUT2D eigenvalue weighted by Crippen LogP contribution is 2.25. The van der Waals surface area contributed by atoms with E-state index in [1.165, 1.54) is 32.1 Å². The zero-order valence-electron chi connectivity index (χ0n) is 10.9. The number of rotatable bonds is 6. The number of nitrogens with zero attached hydrogens (tertiary/aromatic N) is 1. The normalized spacial score (nSPS) is 26.6. The maximum atomic E-state index is 9.20. The molecule has 1 saturated carbocycles. The molecule has 3 heteroatoms. The Balaban J connectivity index is 2.59. The predicted molar refractivity (Wildman–Crippen MR) is 68.4 cm³/mol. The second-order valence-electron chi connectivity index (χ2n) is 5.01. The third-order valence-corrected chi connectivity index (χ3v) is 3.93. The van der Waals surface area contributed by atoms with Crippen LogP contribution in [0.25, 0.3) is 0 Å². The van der Waals surface area contributed by atoms with Gasteiger partial charge in [0, 0.05) is 24.7 Å². The van der Waals surface area contributed by atoms with Gasteiger partial charge in [0.25, 0.3) is 0 Å². The molecule has 1 rings (SSSR count). The quantitative estimate of drug-likeness (QED) is 0.728. The van der Waals surface area contributed by atoms with Crippen molar-refractivity contribution in [3.8, 4) is 0 Å². The van der Waals surface area contributed by atoms with E-state index in [2.05, 4.69) is 18.7 Å². The highest BCUT2D eigenvalue weighted by molar-refractivity contribution is 4.85. The van der Waals surface area contributed by atoms with Gasteiger partial charge in [-0.15, -0.1) is 0 Å². The SMILES string of the molecule is CCC(CC)N(CCO)C1CCCC(N)C1. The van der Waals surface area contributed by atoms with E-state index < -0.39 is 0 Å². The van der Waals surface area contributed by atoms with Crippen molar-refractivity contribution >= 4 is 0 Å². The summed E-state index contributed by atoms with van der Waals surface area (Å²) in [4.78, 5) is 2.50. The van der Waals surface area contributed by atoms with E-state index in [9.17, 15) is 5.11 Å². The van der Waals surface area contributed by atoms with Gasteiger partial charge >= 0.3 is 0 Å². The van der Waals surface area contributed by atoms with Gasteiger partial charge in [-0.3, -0.25) is 4.90 Å². The fourth-order valence-corrected chi connectivity index (χ4v) is 3.04. The highest BCUT2D eigenvalue weighted by atomic mass is 16.3. The van der Waals surface area contributed by atoms with Crippen molar-refractivity contribution in [2.75, 3.05) is 13.2 Å². The summed E-state index contributed by atoms with van der Waals surface area (Å²) in [7, 11) is 0. The lowest BCUT2D eigenvalue weighted by Crippen LogP contribution is -2.48. The number of hydrogen-bond donors (Lipinski definition) is 2. The predicted octanol–water partition coefficient (Wildman–Crippen LogP) is 1.74. The molecule has 0 heterocycles. The molecule has 0 aromatic rings. The van der Waals surface area contributed by atoms with Gasteiger partial charge < -0.3 is 10.8 Å². The van der Waals surface area contributed by atoms with E-state index in [0.29, 0.717) is 18.1 Å². The summed E-state index contributed by atoms with van der Waals surface area (Å²) in [6.07, 6.45) is 7.12. The molecule has 0 saturated heterocycles. The third-order valence-electron chi connectivity index (χ3n) is 3.93. The first kappa shape index (κ1) is 13.9. The second-order valence-corrected chi connectivity index (χ2v) is 5.01. The molecule has 0 amide bonds. The number of nitrogens with two attached hydrogens (primary N) is 1. The Hall–Kier alpha value is -0.120. The standard InChI is InChI=1S/C13H28N2O/c1-3-12(4-2)15(8-9-16)13-7-5-6-11(14)10-13/h11-13,16H,3-10,14H2,1-2H3. The van der Waals surface area contributed by atoms with E-state index in [4.69, 9.17) is 5.73 Å². The van der Waals surface area contributed by atoms with Crippen LogP contribution >= 0.6 is 0 Å². The molecule has 0 aromatic carbocycles. The molecule has 96 valence electrons. The molecule has 1 aliphatic rings. The largest absolute Gasteiger partial charge is 0.395 e. The molecule has 1 aliphatic carbocycles. The molecule has 3 nitrogen and oxygen atoms in total. The molecule has 2 unspecified atom stereocenters. The molecule has 0 aliphatic heterocycles. The van der Waals surface area contributed by atoms with Gasteiger partial charge in [-0.05, 0) is 32.1 Å². The summed E-state index contributed by atoms with van der Waals surface area (Å²) < 4.78 is 0. The van der Waals surface area contributed by atoms with E-state index in [-0.39, 0.29) is 6.61 Å². The number of hydrogen-bond acceptors (Lipinski definition) is 3. The van der Waals surface area contributed by atoms with Crippen LogP contribution in [0, 0.1) is 0 Å². The molecular weight excluding hydrogens is 200 g/mol. The molecule has 0 bridgehead atoms. The summed E-state index contributed by atoms with van der Waals surface area (Å²) in [5, 5.41) is 9.20. The van der Waals surface area contributed by atoms with Crippen LogP contribution in [-0.2, 0) is 0 Å². The summed E-state index contributed by atoms with van der Waals surface area (Å²) in [6.45, 7) is 5.55. The lowest BCUT2D eigenvalue weighted by molar-refractivity contribution is 0.0717. The van der Waals surface area contributed by atoms with Crippen molar-refractivity contribution in [2.45, 2.75) is 70.5 Å². The minimum atomic E-state index is 0.266. The fraction of sp³-hybridized carbons (Fsp3) is 1.00. The second kappa shape index (κ2) is 7.25. The van der Waals surface area contributed by atoms with Gasteiger partial charge in [0.15, 0.2) is 0 Å². The van der Waals surface area contributed by atoms with Crippen molar-refractivity contribution in [1.29, 1.82) is 0 Å². The van der Waals surface area contributed by atoms with Crippen LogP contribution in [-0.4, -0.2) is 41.3 Å². The molecule has 0 spiro atoms. The monoisotopic (exact) mass is 228 g/mol. The van der Waals surface area contributed by atoms with Crippen LogP contribution in [0.5, 0.6) is 0 Å². The Morgan fingerprint density at radius 3 is 2.50 bits per heavy atom. The van der Waals surface area contributed by atoms with Crippen LogP contribution in [0.4, 0.5) is 0 Å². The lowest BCUT2D eigenvalue weighted by atomic mass is 9.89. The Labute approximate surface area is 100 Å². The minimum absolute atomic E-state index is 0.266. The summed E-state index contributed by atoms with van der Waals surface area (Å²) in [5.74, 6) is 0. The summed E-state index contributed by atoms with van der Waals surface area (Å²) in [6, 6.07) is 1.58. The molecule has 1 fully saturated rings. The van der Waals surface area contributed by atoms with Crippen LogP contribution in [0.1, 0.15) is 52.4 Å². The van der Waals surface area contributed by atoms with Crippen molar-refractivity contribution in [1.82, 2.24) is 4.90 Å². The number of aliphatic hydroxyl groups is 1. The van der Waals surface area contributed by atoms with Crippen molar-refractivity contribution in [3.63, 3.8) is 0 Å². The maximum Gasteiger partial charge on any atom is 0.0558 e. The van der Waals surface area contributed by atoms with Crippen LogP contribution in [0.2, 0.25) is 0 Å². The Morgan fingerprint density at radius 2 is 2.00 bits per heavy atom. The number of aliphatic hydroxyl groups excluding tert-OH is 1. The first-order valence-electron chi connectivity index (χ1n) is 6.85. The van der Waals surface area contributed by atoms with Crippen LogP contribution in [0.3, 0.4) is 0 Å². The zero-order valence-corrected chi connectivity index (χ0v) is 10.9. The van der Waals surface area contributed by atoms with Gasteiger partial charge in [0.2, 0.25) is 0 Å². The maximum absolute atomic E-state index is 9.20. The minimum Gasteiger partial charge on any atom is -0.395 e. The lowest BCUT2D eigenvalue weighted by Gasteiger charge is -2.40. The molecule has 2 atom stereocenters. The van der Waals surface area contributed by atoms with Crippen molar-refractivity contribution in [3.05, 3.63) is 0 Å². The van der Waals surface area contributed by atoms with Gasteiger partial charge in [0.1, 0.15) is 0 Å². The molecule has 0 aromatic heterocycles. The zero-order chi connectivity index (χ0) is 12.0. The third kappa shape index (κ3) is 3.72. The molecule has 0 radical (unpaired) electrons. The van der Waals surface area contributed by atoms with E-state index in [1.54, 1.807) is 0 Å². The topological polar surface area (TPSA) is 49.5 Å². The Kier molecular flexibility index (Phi) is 6.32. The van der Waals surface area contributed by atoms with Gasteiger partial charge in [-0.1, -0.05) is 20.3 Å². The Bertz CT molecular complexity index is 183. The van der Waals surface area contributed by atoms with Gasteiger partial charge in [0.05, 0.1) is 6.61 Å². The first-order valence-corrected chi connectivity index (χ1v) is 6.85. The van der Waals surface area contributed by atoms with E-state index >= 15 is 0 Å². The molecule has 3 N–H and O–H groups in total. The van der Waals surface area contributed by atoms with Crippen LogP contribution in [0.15, 0.2) is 0 Å². The van der Waals surface area contributed by atoms with Gasteiger partial charge in [-0.2, -0.15) is 0 Å². The van der Waals surface area contributed by atoms with Crippen molar-refractivity contribution in [2.24, 2.45) is 5.73 Å². The average molecular weight is 228 g/mol. The fourth-order valence-electron chi connectivity index (χ4n) is 3.04. The first-order chi connectivity index (χ1) is 7.72. The molecule has 16 heavy (non-hydrogen) atoms.